The van der Waals surface area contributed by atoms with Gasteiger partial charge >= 0.3 is 0 Å². The second-order valence-corrected chi connectivity index (χ2v) is 5.01. The van der Waals surface area contributed by atoms with E-state index in [9.17, 15) is 0 Å². The van der Waals surface area contributed by atoms with Crippen LogP contribution < -0.4 is 0 Å². The fourth-order valence-electron chi connectivity index (χ4n) is 1.37. The van der Waals surface area contributed by atoms with Crippen LogP contribution in [0.4, 0.5) is 0 Å². The molecule has 0 atom stereocenters. The molecule has 2 heteroatoms. The molecule has 0 radical (unpaired) electrons. The van der Waals surface area contributed by atoms with Gasteiger partial charge in [-0.2, -0.15) is 0 Å². The third-order valence-electron chi connectivity index (χ3n) is 2.03. The molecule has 0 saturated carbocycles. The van der Waals surface area contributed by atoms with E-state index in [4.69, 9.17) is 0 Å². The summed E-state index contributed by atoms with van der Waals surface area (Å²) in [6.07, 6.45) is 2.31. The van der Waals surface area contributed by atoms with E-state index in [0.717, 1.165) is 5.75 Å². The average Bonchev–Trinajstić information content (AvgIpc) is 2.03. The molecule has 0 unspecified atom stereocenters. The van der Waals surface area contributed by atoms with Crippen molar-refractivity contribution in [3.05, 3.63) is 22.9 Å². The summed E-state index contributed by atoms with van der Waals surface area (Å²) in [6.45, 7) is 11.0. The predicted octanol–water partition coefficient (Wildman–Crippen LogP) is 3.60. The first-order valence-electron chi connectivity index (χ1n) is 4.79. The minimum atomic E-state index is 0.583. The monoisotopic (exact) mass is 197 g/mol. The van der Waals surface area contributed by atoms with E-state index < -0.39 is 0 Å². The van der Waals surface area contributed by atoms with Crippen molar-refractivity contribution in [1.29, 1.82) is 0 Å². The lowest BCUT2D eigenvalue weighted by Gasteiger charge is -2.33. The van der Waals surface area contributed by atoms with Crippen LogP contribution in [0.15, 0.2) is 22.9 Å². The Morgan fingerprint density at radius 3 is 2.54 bits per heavy atom. The molecule has 0 N–H and O–H groups in total. The molecule has 1 aliphatic heterocycles. The molecule has 0 aromatic carbocycles. The highest BCUT2D eigenvalue weighted by atomic mass is 32.2. The van der Waals surface area contributed by atoms with Crippen molar-refractivity contribution in [2.45, 2.75) is 40.7 Å². The van der Waals surface area contributed by atoms with Gasteiger partial charge in [0.15, 0.2) is 0 Å². The van der Waals surface area contributed by atoms with E-state index >= 15 is 0 Å². The van der Waals surface area contributed by atoms with Gasteiger partial charge in [-0.1, -0.05) is 11.1 Å². The van der Waals surface area contributed by atoms with Gasteiger partial charge < -0.3 is 4.31 Å². The van der Waals surface area contributed by atoms with Gasteiger partial charge in [-0.05, 0) is 52.6 Å². The molecule has 1 rings (SSSR count). The normalized spacial score (nSPS) is 17.8. The number of allylic oxidation sites excluding steroid dienone is 2. The third-order valence-corrected chi connectivity index (χ3v) is 3.51. The zero-order valence-corrected chi connectivity index (χ0v) is 10.0. The van der Waals surface area contributed by atoms with E-state index in [-0.39, 0.29) is 0 Å². The highest BCUT2D eigenvalue weighted by Crippen LogP contribution is 2.31. The van der Waals surface area contributed by atoms with Crippen LogP contribution in [-0.2, 0) is 0 Å². The number of nitrogens with zero attached hydrogens (tertiary/aromatic N) is 1. The number of rotatable bonds is 1. The summed E-state index contributed by atoms with van der Waals surface area (Å²) in [4.78, 5) is 0. The standard InChI is InChI=1S/C11H19NS/c1-8(2)11-6-10(5)7-13-12(11)9(3)4/h6,9H,7H2,1-5H3. The van der Waals surface area contributed by atoms with Crippen LogP contribution in [0, 0.1) is 0 Å². The van der Waals surface area contributed by atoms with E-state index in [1.807, 2.05) is 11.9 Å². The summed E-state index contributed by atoms with van der Waals surface area (Å²) in [5.41, 5.74) is 4.27. The van der Waals surface area contributed by atoms with Gasteiger partial charge in [-0.15, -0.1) is 0 Å². The molecule has 0 fully saturated rings. The minimum absolute atomic E-state index is 0.583. The summed E-state index contributed by atoms with van der Waals surface area (Å²) >= 11 is 1.92. The predicted molar refractivity (Wildman–Crippen MR) is 61.6 cm³/mol. The smallest absolute Gasteiger partial charge is 0.0459 e. The van der Waals surface area contributed by atoms with Crippen LogP contribution in [0.5, 0.6) is 0 Å². The van der Waals surface area contributed by atoms with E-state index in [2.05, 4.69) is 45.0 Å². The lowest BCUT2D eigenvalue weighted by atomic mass is 10.1. The summed E-state index contributed by atoms with van der Waals surface area (Å²) in [5, 5.41) is 0. The van der Waals surface area contributed by atoms with Crippen molar-refractivity contribution < 1.29 is 0 Å². The maximum atomic E-state index is 2.41. The van der Waals surface area contributed by atoms with Crippen LogP contribution in [0.1, 0.15) is 34.6 Å². The van der Waals surface area contributed by atoms with Crippen LogP contribution in [0.25, 0.3) is 0 Å². The van der Waals surface area contributed by atoms with Gasteiger partial charge in [0.05, 0.1) is 0 Å². The Morgan fingerprint density at radius 1 is 1.46 bits per heavy atom. The topological polar surface area (TPSA) is 3.24 Å². The summed E-state index contributed by atoms with van der Waals surface area (Å²) < 4.78 is 2.41. The SMILES string of the molecule is CC1=CC(=C(C)C)N(C(C)C)SC1. The Bertz CT molecular complexity index is 247. The summed E-state index contributed by atoms with van der Waals surface area (Å²) in [7, 11) is 0. The maximum absolute atomic E-state index is 2.41. The van der Waals surface area contributed by atoms with Gasteiger partial charge in [-0.3, -0.25) is 0 Å². The van der Waals surface area contributed by atoms with Gasteiger partial charge in [-0.25, -0.2) is 0 Å². The lowest BCUT2D eigenvalue weighted by Crippen LogP contribution is -2.26. The van der Waals surface area contributed by atoms with Crippen LogP contribution in [0.2, 0.25) is 0 Å². The molecule has 13 heavy (non-hydrogen) atoms. The first-order valence-corrected chi connectivity index (χ1v) is 5.73. The fourth-order valence-corrected chi connectivity index (χ4v) is 2.47. The third kappa shape index (κ3) is 2.53. The minimum Gasteiger partial charge on any atom is -0.314 e. The Balaban J connectivity index is 2.96. The van der Waals surface area contributed by atoms with Crippen molar-refractivity contribution in [1.82, 2.24) is 4.31 Å². The first-order chi connectivity index (χ1) is 6.02. The first kappa shape index (κ1) is 10.7. The zero-order valence-electron chi connectivity index (χ0n) is 9.22. The molecule has 0 aromatic heterocycles. The molecular formula is C11H19NS. The second-order valence-electron chi connectivity index (χ2n) is 4.07. The van der Waals surface area contributed by atoms with Gasteiger partial charge in [0.2, 0.25) is 0 Å². The fraction of sp³-hybridized carbons (Fsp3) is 0.636. The molecule has 0 bridgehead atoms. The molecule has 0 saturated heterocycles. The number of hydrogen-bond donors (Lipinski definition) is 0. The van der Waals surface area contributed by atoms with Gasteiger partial charge in [0, 0.05) is 17.5 Å². The van der Waals surface area contributed by atoms with E-state index in [0.29, 0.717) is 6.04 Å². The Hall–Kier alpha value is -0.370. The highest BCUT2D eigenvalue weighted by molar-refractivity contribution is 7.97. The Morgan fingerprint density at radius 2 is 2.08 bits per heavy atom. The van der Waals surface area contributed by atoms with Crippen molar-refractivity contribution in [2.24, 2.45) is 0 Å². The van der Waals surface area contributed by atoms with Crippen LogP contribution in [-0.4, -0.2) is 16.1 Å². The molecule has 0 aromatic rings. The van der Waals surface area contributed by atoms with Gasteiger partial charge in [0.1, 0.15) is 0 Å². The van der Waals surface area contributed by atoms with E-state index in [1.165, 1.54) is 16.8 Å². The molecule has 1 aliphatic rings. The average molecular weight is 197 g/mol. The highest BCUT2D eigenvalue weighted by Gasteiger charge is 2.17. The largest absolute Gasteiger partial charge is 0.314 e. The quantitative estimate of drug-likeness (QED) is 0.591. The molecule has 0 amide bonds. The Labute approximate surface area is 86.0 Å². The van der Waals surface area contributed by atoms with E-state index in [1.54, 1.807) is 0 Å². The molecule has 1 heterocycles. The van der Waals surface area contributed by atoms with Crippen LogP contribution in [0.3, 0.4) is 0 Å². The van der Waals surface area contributed by atoms with Crippen molar-refractivity contribution in [3.8, 4) is 0 Å². The van der Waals surface area contributed by atoms with Crippen molar-refractivity contribution >= 4 is 11.9 Å². The molecule has 0 aliphatic carbocycles. The Kier molecular flexibility index (Phi) is 3.48. The molecule has 74 valence electrons. The number of hydrogen-bond acceptors (Lipinski definition) is 2. The summed E-state index contributed by atoms with van der Waals surface area (Å²) in [5.74, 6) is 1.13. The van der Waals surface area contributed by atoms with Crippen molar-refractivity contribution in [3.63, 3.8) is 0 Å². The van der Waals surface area contributed by atoms with Gasteiger partial charge in [0.25, 0.3) is 0 Å². The second kappa shape index (κ2) is 4.23. The molecule has 1 nitrogen and oxygen atoms in total. The lowest BCUT2D eigenvalue weighted by molar-refractivity contribution is 0.480. The molecular weight excluding hydrogens is 178 g/mol. The van der Waals surface area contributed by atoms with Crippen molar-refractivity contribution in [2.75, 3.05) is 5.75 Å². The molecule has 0 spiro atoms. The summed E-state index contributed by atoms with van der Waals surface area (Å²) in [6, 6.07) is 0.583. The maximum Gasteiger partial charge on any atom is 0.0459 e. The zero-order chi connectivity index (χ0) is 10.0. The van der Waals surface area contributed by atoms with Crippen LogP contribution >= 0.6 is 11.9 Å².